The maximum absolute atomic E-state index is 11.8. The van der Waals surface area contributed by atoms with Gasteiger partial charge in [0.2, 0.25) is 0 Å². The summed E-state index contributed by atoms with van der Waals surface area (Å²) in [4.78, 5) is 11.8. The number of rotatable bonds is 0. The van der Waals surface area contributed by atoms with E-state index < -0.39 is 0 Å². The lowest BCUT2D eigenvalue weighted by Gasteiger charge is -2.36. The summed E-state index contributed by atoms with van der Waals surface area (Å²) in [6.07, 6.45) is 8.21. The maximum atomic E-state index is 11.8. The summed E-state index contributed by atoms with van der Waals surface area (Å²) in [5, 5.41) is 0. The van der Waals surface area contributed by atoms with Crippen LogP contribution in [0.4, 0.5) is 0 Å². The quantitative estimate of drug-likeness (QED) is 0.518. The largest absolute Gasteiger partial charge is 0.299 e. The van der Waals surface area contributed by atoms with Gasteiger partial charge in [-0.15, -0.1) is 6.42 Å². The molecule has 2 aliphatic carbocycles. The van der Waals surface area contributed by atoms with Crippen molar-refractivity contribution in [2.75, 3.05) is 0 Å². The molecule has 2 fully saturated rings. The molecule has 1 nitrogen and oxygen atoms in total. The minimum Gasteiger partial charge on any atom is -0.299 e. The second kappa shape index (κ2) is 2.00. The van der Waals surface area contributed by atoms with E-state index in [1.54, 1.807) is 0 Å². The zero-order valence-electron chi connectivity index (χ0n) is 8.61. The molecular weight excluding hydrogens is 160 g/mol. The van der Waals surface area contributed by atoms with Gasteiger partial charge in [-0.25, -0.2) is 0 Å². The maximum Gasteiger partial charge on any atom is 0.140 e. The first kappa shape index (κ1) is 8.81. The van der Waals surface area contributed by atoms with E-state index in [0.29, 0.717) is 12.2 Å². The summed E-state index contributed by atoms with van der Waals surface area (Å²) in [6.45, 7) is 6.40. The van der Waals surface area contributed by atoms with Crippen molar-refractivity contribution in [1.82, 2.24) is 0 Å². The van der Waals surface area contributed by atoms with Gasteiger partial charge in [0.25, 0.3) is 0 Å². The second-order valence-electron chi connectivity index (χ2n) is 5.28. The first-order valence-corrected chi connectivity index (χ1v) is 4.91. The van der Waals surface area contributed by atoms with E-state index in [0.717, 1.165) is 12.8 Å². The van der Waals surface area contributed by atoms with Gasteiger partial charge in [0, 0.05) is 17.3 Å². The standard InChI is InChI=1S/C12H16O/c1-5-12-7-6-11(4,9(13)8-12)10(12,2)3/h1H,6-8H2,2-4H3. The van der Waals surface area contributed by atoms with Crippen LogP contribution in [0.25, 0.3) is 0 Å². The summed E-state index contributed by atoms with van der Waals surface area (Å²) < 4.78 is 0. The molecule has 0 spiro atoms. The first-order chi connectivity index (χ1) is 5.90. The van der Waals surface area contributed by atoms with Crippen LogP contribution in [0.15, 0.2) is 0 Å². The molecule has 2 unspecified atom stereocenters. The molecule has 0 saturated heterocycles. The van der Waals surface area contributed by atoms with Crippen LogP contribution in [0.3, 0.4) is 0 Å². The van der Waals surface area contributed by atoms with Crippen LogP contribution in [0.2, 0.25) is 0 Å². The molecule has 2 rings (SSSR count). The Balaban J connectivity index is 2.61. The number of fused-ring (bicyclic) bond motifs is 2. The molecule has 2 bridgehead atoms. The highest BCUT2D eigenvalue weighted by molar-refractivity contribution is 5.91. The van der Waals surface area contributed by atoms with E-state index in [4.69, 9.17) is 6.42 Å². The third-order valence-corrected chi connectivity index (χ3v) is 4.98. The lowest BCUT2D eigenvalue weighted by molar-refractivity contribution is -0.128. The SMILES string of the molecule is C#CC12CCC(C)(C(=O)C1)C2(C)C. The van der Waals surface area contributed by atoms with Crippen LogP contribution in [-0.4, -0.2) is 5.78 Å². The average Bonchev–Trinajstić information content (AvgIpc) is 2.34. The van der Waals surface area contributed by atoms with Gasteiger partial charge >= 0.3 is 0 Å². The number of Topliss-reactive ketones (excluding diaryl/α,β-unsaturated/α-hetero) is 1. The van der Waals surface area contributed by atoms with Crippen molar-refractivity contribution in [2.24, 2.45) is 16.2 Å². The topological polar surface area (TPSA) is 17.1 Å². The fourth-order valence-corrected chi connectivity index (χ4v) is 3.19. The van der Waals surface area contributed by atoms with Gasteiger partial charge in [0.05, 0.1) is 0 Å². The predicted molar refractivity (Wildman–Crippen MR) is 52.0 cm³/mol. The molecule has 0 heterocycles. The van der Waals surface area contributed by atoms with Crippen LogP contribution in [0.1, 0.15) is 40.0 Å². The summed E-state index contributed by atoms with van der Waals surface area (Å²) in [5.74, 6) is 3.27. The first-order valence-electron chi connectivity index (χ1n) is 4.91. The molecule has 1 heteroatoms. The number of carbonyl (C=O) groups is 1. The Bertz CT molecular complexity index is 321. The zero-order chi connectivity index (χ0) is 9.91. The third kappa shape index (κ3) is 0.655. The van der Waals surface area contributed by atoms with Gasteiger partial charge in [-0.3, -0.25) is 4.79 Å². The van der Waals surface area contributed by atoms with Gasteiger partial charge < -0.3 is 0 Å². The fraction of sp³-hybridized carbons (Fsp3) is 0.750. The van der Waals surface area contributed by atoms with Crippen molar-refractivity contribution in [3.05, 3.63) is 0 Å². The van der Waals surface area contributed by atoms with E-state index >= 15 is 0 Å². The molecule has 2 atom stereocenters. The Hall–Kier alpha value is -0.770. The van der Waals surface area contributed by atoms with E-state index in [9.17, 15) is 4.79 Å². The average molecular weight is 176 g/mol. The summed E-state index contributed by atoms with van der Waals surface area (Å²) in [7, 11) is 0. The van der Waals surface area contributed by atoms with Crippen molar-refractivity contribution in [3.8, 4) is 12.3 Å². The molecule has 0 aromatic carbocycles. The van der Waals surface area contributed by atoms with Crippen molar-refractivity contribution < 1.29 is 4.79 Å². The van der Waals surface area contributed by atoms with Gasteiger partial charge in [0.15, 0.2) is 0 Å². The minimum absolute atomic E-state index is 0.00810. The Morgan fingerprint density at radius 2 is 1.92 bits per heavy atom. The Labute approximate surface area is 79.9 Å². The number of carbonyl (C=O) groups excluding carboxylic acids is 1. The van der Waals surface area contributed by atoms with Gasteiger partial charge in [-0.05, 0) is 18.3 Å². The Kier molecular flexibility index (Phi) is 1.36. The third-order valence-electron chi connectivity index (χ3n) is 4.98. The van der Waals surface area contributed by atoms with Crippen molar-refractivity contribution in [2.45, 2.75) is 40.0 Å². The van der Waals surface area contributed by atoms with E-state index in [-0.39, 0.29) is 16.2 Å². The molecule has 0 N–H and O–H groups in total. The lowest BCUT2D eigenvalue weighted by atomic mass is 9.65. The molecule has 0 aromatic heterocycles. The van der Waals surface area contributed by atoms with Crippen LogP contribution < -0.4 is 0 Å². The number of hydrogen-bond donors (Lipinski definition) is 0. The number of hydrogen-bond acceptors (Lipinski definition) is 1. The number of terminal acetylenes is 1. The second-order valence-corrected chi connectivity index (χ2v) is 5.28. The zero-order valence-corrected chi connectivity index (χ0v) is 8.61. The predicted octanol–water partition coefficient (Wildman–Crippen LogP) is 2.41. The summed E-state index contributed by atoms with van der Waals surface area (Å²) >= 11 is 0. The molecular formula is C12H16O. The minimum atomic E-state index is -0.153. The van der Waals surface area contributed by atoms with Crippen molar-refractivity contribution in [3.63, 3.8) is 0 Å². The molecule has 70 valence electrons. The molecule has 0 radical (unpaired) electrons. The van der Waals surface area contributed by atoms with E-state index in [1.165, 1.54) is 0 Å². The summed E-state index contributed by atoms with van der Waals surface area (Å²) in [5.41, 5.74) is -0.302. The lowest BCUT2D eigenvalue weighted by Crippen LogP contribution is -2.35. The Morgan fingerprint density at radius 1 is 1.31 bits per heavy atom. The van der Waals surface area contributed by atoms with Gasteiger partial charge in [-0.2, -0.15) is 0 Å². The monoisotopic (exact) mass is 176 g/mol. The van der Waals surface area contributed by atoms with E-state index in [1.807, 2.05) is 0 Å². The smallest absolute Gasteiger partial charge is 0.140 e. The van der Waals surface area contributed by atoms with Crippen LogP contribution in [0, 0.1) is 28.6 Å². The highest BCUT2D eigenvalue weighted by atomic mass is 16.1. The fourth-order valence-electron chi connectivity index (χ4n) is 3.19. The molecule has 0 amide bonds. The normalized spacial score (nSPS) is 46.5. The van der Waals surface area contributed by atoms with Crippen molar-refractivity contribution in [1.29, 1.82) is 0 Å². The highest BCUT2D eigenvalue weighted by Gasteiger charge is 2.69. The van der Waals surface area contributed by atoms with Crippen LogP contribution in [0.5, 0.6) is 0 Å². The molecule has 2 saturated carbocycles. The highest BCUT2D eigenvalue weighted by Crippen LogP contribution is 2.70. The van der Waals surface area contributed by atoms with Crippen LogP contribution in [-0.2, 0) is 4.79 Å². The van der Waals surface area contributed by atoms with Crippen LogP contribution >= 0.6 is 0 Å². The Morgan fingerprint density at radius 3 is 2.15 bits per heavy atom. The molecule has 2 aliphatic rings. The van der Waals surface area contributed by atoms with Gasteiger partial charge in [0.1, 0.15) is 5.78 Å². The number of ketones is 1. The van der Waals surface area contributed by atoms with Crippen molar-refractivity contribution >= 4 is 5.78 Å². The van der Waals surface area contributed by atoms with Gasteiger partial charge in [-0.1, -0.05) is 26.7 Å². The molecule has 13 heavy (non-hydrogen) atoms. The van der Waals surface area contributed by atoms with E-state index in [2.05, 4.69) is 26.7 Å². The summed E-state index contributed by atoms with van der Waals surface area (Å²) in [6, 6.07) is 0. The molecule has 0 aliphatic heterocycles. The molecule has 0 aromatic rings.